The van der Waals surface area contributed by atoms with E-state index in [0.29, 0.717) is 6.61 Å². The van der Waals surface area contributed by atoms with Crippen LogP contribution in [-0.4, -0.2) is 30.2 Å². The summed E-state index contributed by atoms with van der Waals surface area (Å²) < 4.78 is 10.4. The van der Waals surface area contributed by atoms with Crippen LogP contribution in [0.1, 0.15) is 12.8 Å². The van der Waals surface area contributed by atoms with Gasteiger partial charge in [-0.2, -0.15) is 0 Å². The van der Waals surface area contributed by atoms with Crippen molar-refractivity contribution in [2.75, 3.05) is 6.61 Å². The van der Waals surface area contributed by atoms with Crippen LogP contribution in [0, 0.1) is 0 Å². The second kappa shape index (κ2) is 1.94. The minimum absolute atomic E-state index is 0.262. The van der Waals surface area contributed by atoms with Crippen LogP contribution in [-0.2, 0) is 9.47 Å². The van der Waals surface area contributed by atoms with Gasteiger partial charge in [0.2, 0.25) is 0 Å². The largest absolute Gasteiger partial charge is 0.388 e. The molecule has 2 saturated heterocycles. The van der Waals surface area contributed by atoms with E-state index in [9.17, 15) is 0 Å². The second-order valence-electron chi connectivity index (χ2n) is 2.60. The molecule has 3 heteroatoms. The van der Waals surface area contributed by atoms with Crippen molar-refractivity contribution in [1.82, 2.24) is 0 Å². The molecule has 1 unspecified atom stereocenters. The first kappa shape index (κ1) is 5.65. The molecule has 2 rings (SSSR count). The minimum Gasteiger partial charge on any atom is -0.388 e. The molecule has 0 radical (unpaired) electrons. The van der Waals surface area contributed by atoms with Crippen molar-refractivity contribution < 1.29 is 14.6 Å². The molecule has 2 bridgehead atoms. The Morgan fingerprint density at radius 3 is 3.00 bits per heavy atom. The molecule has 0 aliphatic carbocycles. The summed E-state index contributed by atoms with van der Waals surface area (Å²) in [4.78, 5) is 0. The molecule has 0 aromatic rings. The fourth-order valence-corrected chi connectivity index (χ4v) is 1.32. The fraction of sp³-hybridized carbons (Fsp3) is 1.00. The van der Waals surface area contributed by atoms with Crippen LogP contribution in [0.15, 0.2) is 0 Å². The van der Waals surface area contributed by atoms with Crippen molar-refractivity contribution in [2.24, 2.45) is 0 Å². The van der Waals surface area contributed by atoms with Gasteiger partial charge >= 0.3 is 0 Å². The van der Waals surface area contributed by atoms with E-state index in [2.05, 4.69) is 0 Å². The zero-order chi connectivity index (χ0) is 6.27. The second-order valence-corrected chi connectivity index (χ2v) is 2.60. The van der Waals surface area contributed by atoms with Gasteiger partial charge in [-0.3, -0.25) is 0 Å². The summed E-state index contributed by atoms with van der Waals surface area (Å²) in [6.07, 6.45) is 1.33. The van der Waals surface area contributed by atoms with E-state index in [0.717, 1.165) is 12.8 Å². The van der Waals surface area contributed by atoms with Gasteiger partial charge in [0.1, 0.15) is 6.10 Å². The lowest BCUT2D eigenvalue weighted by molar-refractivity contribution is -0.152. The van der Waals surface area contributed by atoms with E-state index >= 15 is 0 Å². The summed E-state index contributed by atoms with van der Waals surface area (Å²) in [5.74, 6) is 0. The molecular formula is C6H10O3. The molecule has 2 fully saturated rings. The monoisotopic (exact) mass is 130 g/mol. The lowest BCUT2D eigenvalue weighted by atomic mass is 10.1. The summed E-state index contributed by atoms with van der Waals surface area (Å²) in [7, 11) is 0. The zero-order valence-electron chi connectivity index (χ0n) is 5.12. The molecule has 3 nitrogen and oxygen atoms in total. The maximum Gasteiger partial charge on any atom is 0.183 e. The Hall–Kier alpha value is -0.120. The maximum absolute atomic E-state index is 9.15. The Balaban J connectivity index is 2.05. The van der Waals surface area contributed by atoms with E-state index in [4.69, 9.17) is 14.6 Å². The van der Waals surface area contributed by atoms with Crippen LogP contribution in [0.3, 0.4) is 0 Å². The van der Waals surface area contributed by atoms with E-state index in [-0.39, 0.29) is 18.5 Å². The van der Waals surface area contributed by atoms with Crippen molar-refractivity contribution in [2.45, 2.75) is 31.3 Å². The predicted octanol–water partition coefficient (Wildman–Crippen LogP) is -0.117. The first-order valence-corrected chi connectivity index (χ1v) is 3.31. The third-order valence-electron chi connectivity index (χ3n) is 1.87. The lowest BCUT2D eigenvalue weighted by Crippen LogP contribution is -2.32. The topological polar surface area (TPSA) is 38.7 Å². The van der Waals surface area contributed by atoms with Gasteiger partial charge in [0.15, 0.2) is 6.29 Å². The molecule has 2 heterocycles. The Morgan fingerprint density at radius 2 is 2.22 bits per heavy atom. The number of fused-ring (bicyclic) bond motifs is 2. The van der Waals surface area contributed by atoms with Gasteiger partial charge in [0.25, 0.3) is 0 Å². The molecule has 0 aromatic carbocycles. The first-order valence-electron chi connectivity index (χ1n) is 3.31. The van der Waals surface area contributed by atoms with Crippen LogP contribution in [0.4, 0.5) is 0 Å². The number of ether oxygens (including phenoxy) is 2. The highest BCUT2D eigenvalue weighted by atomic mass is 16.7. The van der Waals surface area contributed by atoms with Gasteiger partial charge in [-0.15, -0.1) is 0 Å². The third kappa shape index (κ3) is 0.852. The molecule has 0 amide bonds. The van der Waals surface area contributed by atoms with Crippen molar-refractivity contribution >= 4 is 0 Å². The number of hydrogen-bond donors (Lipinski definition) is 1. The molecule has 2 aliphatic rings. The summed E-state index contributed by atoms with van der Waals surface area (Å²) in [5, 5.41) is 9.15. The SMILES string of the molecule is OC1CC[C@H]2CO[C@@H]1O2. The fourth-order valence-electron chi connectivity index (χ4n) is 1.32. The van der Waals surface area contributed by atoms with Crippen molar-refractivity contribution in [3.05, 3.63) is 0 Å². The smallest absolute Gasteiger partial charge is 0.183 e. The lowest BCUT2D eigenvalue weighted by Gasteiger charge is -2.22. The minimum atomic E-state index is -0.385. The van der Waals surface area contributed by atoms with Crippen molar-refractivity contribution in [3.8, 4) is 0 Å². The van der Waals surface area contributed by atoms with E-state index in [1.807, 2.05) is 0 Å². The van der Waals surface area contributed by atoms with E-state index in [1.165, 1.54) is 0 Å². The Morgan fingerprint density at radius 1 is 1.33 bits per heavy atom. The molecule has 9 heavy (non-hydrogen) atoms. The van der Waals surface area contributed by atoms with Crippen LogP contribution in [0.25, 0.3) is 0 Å². The Kier molecular flexibility index (Phi) is 1.22. The Bertz CT molecular complexity index is 115. The predicted molar refractivity (Wildman–Crippen MR) is 29.9 cm³/mol. The molecule has 0 saturated carbocycles. The van der Waals surface area contributed by atoms with Gasteiger partial charge in [0, 0.05) is 0 Å². The van der Waals surface area contributed by atoms with Crippen LogP contribution in [0.2, 0.25) is 0 Å². The standard InChI is InChI=1S/C6H10O3/c7-5-2-1-4-3-8-6(5)9-4/h4-7H,1-3H2/t4-,5?,6+/m0/s1. The number of aliphatic hydroxyl groups is 1. The van der Waals surface area contributed by atoms with Gasteiger partial charge in [-0.05, 0) is 12.8 Å². The summed E-state index contributed by atoms with van der Waals surface area (Å²) >= 11 is 0. The van der Waals surface area contributed by atoms with E-state index < -0.39 is 0 Å². The number of rotatable bonds is 0. The average molecular weight is 130 g/mol. The highest BCUT2D eigenvalue weighted by Gasteiger charge is 2.36. The van der Waals surface area contributed by atoms with Crippen molar-refractivity contribution in [3.63, 3.8) is 0 Å². The molecule has 2 aliphatic heterocycles. The molecule has 1 N–H and O–H groups in total. The van der Waals surface area contributed by atoms with Gasteiger partial charge in [-0.25, -0.2) is 0 Å². The molecule has 52 valence electrons. The number of aliphatic hydroxyl groups excluding tert-OH is 1. The zero-order valence-corrected chi connectivity index (χ0v) is 5.12. The van der Waals surface area contributed by atoms with Gasteiger partial charge in [0.05, 0.1) is 12.7 Å². The first-order chi connectivity index (χ1) is 4.36. The highest BCUT2D eigenvalue weighted by Crippen LogP contribution is 2.26. The van der Waals surface area contributed by atoms with E-state index in [1.54, 1.807) is 0 Å². The Labute approximate surface area is 53.6 Å². The van der Waals surface area contributed by atoms with Crippen LogP contribution >= 0.6 is 0 Å². The summed E-state index contributed by atoms with van der Waals surface area (Å²) in [6.45, 7) is 0.668. The summed E-state index contributed by atoms with van der Waals surface area (Å²) in [6, 6.07) is 0. The van der Waals surface area contributed by atoms with Crippen LogP contribution < -0.4 is 0 Å². The molecule has 0 aromatic heterocycles. The molecular weight excluding hydrogens is 120 g/mol. The molecule has 0 spiro atoms. The van der Waals surface area contributed by atoms with Crippen LogP contribution in [0.5, 0.6) is 0 Å². The van der Waals surface area contributed by atoms with Crippen molar-refractivity contribution in [1.29, 1.82) is 0 Å². The summed E-state index contributed by atoms with van der Waals surface area (Å²) in [5.41, 5.74) is 0. The quantitative estimate of drug-likeness (QED) is 0.497. The number of hydrogen-bond acceptors (Lipinski definition) is 3. The average Bonchev–Trinajstić information content (AvgIpc) is 2.25. The normalized spacial score (nSPS) is 49.7. The maximum atomic E-state index is 9.15. The molecule has 3 atom stereocenters. The third-order valence-corrected chi connectivity index (χ3v) is 1.87. The van der Waals surface area contributed by atoms with Gasteiger partial charge in [-0.1, -0.05) is 0 Å². The highest BCUT2D eigenvalue weighted by molar-refractivity contribution is 4.77. The van der Waals surface area contributed by atoms with Gasteiger partial charge < -0.3 is 14.6 Å².